The molecule has 0 saturated heterocycles. The van der Waals surface area contributed by atoms with E-state index in [9.17, 15) is 9.59 Å². The third kappa shape index (κ3) is 3.09. The fourth-order valence-corrected chi connectivity index (χ4v) is 3.17. The average molecular weight is 347 g/mol. The van der Waals surface area contributed by atoms with E-state index in [1.807, 2.05) is 24.3 Å². The summed E-state index contributed by atoms with van der Waals surface area (Å²) in [5.41, 5.74) is 2.76. The van der Waals surface area contributed by atoms with Gasteiger partial charge in [0.25, 0.3) is 5.91 Å². The molecule has 1 N–H and O–H groups in total. The maximum absolute atomic E-state index is 12.9. The molecule has 3 aromatic rings. The zero-order chi connectivity index (χ0) is 17.9. The van der Waals surface area contributed by atoms with Crippen molar-refractivity contribution in [1.82, 2.24) is 9.88 Å². The number of aromatic nitrogens is 1. The first kappa shape index (κ1) is 16.1. The van der Waals surface area contributed by atoms with Crippen LogP contribution in [-0.4, -0.2) is 27.7 Å². The molecule has 1 atom stereocenters. The van der Waals surface area contributed by atoms with E-state index in [0.29, 0.717) is 18.7 Å². The number of amides is 2. The molecule has 1 aromatic carbocycles. The van der Waals surface area contributed by atoms with Gasteiger partial charge in [0, 0.05) is 31.0 Å². The summed E-state index contributed by atoms with van der Waals surface area (Å²) in [5.74, 6) is -0.295. The molecule has 0 saturated carbocycles. The van der Waals surface area contributed by atoms with Gasteiger partial charge >= 0.3 is 0 Å². The van der Waals surface area contributed by atoms with E-state index < -0.39 is 6.04 Å². The topological polar surface area (TPSA) is 75.4 Å². The minimum absolute atomic E-state index is 0.228. The van der Waals surface area contributed by atoms with Gasteiger partial charge in [0.05, 0.1) is 6.26 Å². The number of furan rings is 1. The van der Waals surface area contributed by atoms with Crippen molar-refractivity contribution in [1.29, 1.82) is 0 Å². The molecule has 6 nitrogen and oxygen atoms in total. The Labute approximate surface area is 150 Å². The van der Waals surface area contributed by atoms with Crippen molar-refractivity contribution in [2.24, 2.45) is 0 Å². The van der Waals surface area contributed by atoms with Crippen LogP contribution in [0.4, 0.5) is 5.69 Å². The van der Waals surface area contributed by atoms with E-state index in [2.05, 4.69) is 10.3 Å². The van der Waals surface area contributed by atoms with Gasteiger partial charge in [-0.1, -0.05) is 24.3 Å². The van der Waals surface area contributed by atoms with Crippen molar-refractivity contribution in [2.45, 2.75) is 19.0 Å². The van der Waals surface area contributed by atoms with Crippen LogP contribution in [0.3, 0.4) is 0 Å². The van der Waals surface area contributed by atoms with Gasteiger partial charge in [0.1, 0.15) is 6.04 Å². The maximum atomic E-state index is 12.9. The highest BCUT2D eigenvalue weighted by Crippen LogP contribution is 2.26. The second-order valence-electron chi connectivity index (χ2n) is 6.12. The Morgan fingerprint density at radius 1 is 1.04 bits per heavy atom. The van der Waals surface area contributed by atoms with Crippen LogP contribution in [0.2, 0.25) is 0 Å². The van der Waals surface area contributed by atoms with Crippen LogP contribution in [0.1, 0.15) is 21.7 Å². The number of benzene rings is 1. The van der Waals surface area contributed by atoms with Gasteiger partial charge in [-0.25, -0.2) is 0 Å². The number of nitrogens with zero attached hydrogens (tertiary/aromatic N) is 2. The molecule has 0 aliphatic carbocycles. The smallest absolute Gasteiger partial charge is 0.290 e. The van der Waals surface area contributed by atoms with Crippen LogP contribution in [-0.2, 0) is 17.8 Å². The van der Waals surface area contributed by atoms with E-state index in [4.69, 9.17) is 4.42 Å². The predicted molar refractivity (Wildman–Crippen MR) is 95.4 cm³/mol. The highest BCUT2D eigenvalue weighted by Gasteiger charge is 2.35. The number of carbonyl (C=O) groups is 2. The Morgan fingerprint density at radius 2 is 1.81 bits per heavy atom. The summed E-state index contributed by atoms with van der Waals surface area (Å²) in [6, 6.07) is 14.0. The monoisotopic (exact) mass is 347 g/mol. The first-order chi connectivity index (χ1) is 12.7. The van der Waals surface area contributed by atoms with Crippen LogP contribution in [0.15, 0.2) is 71.6 Å². The second-order valence-corrected chi connectivity index (χ2v) is 6.12. The average Bonchev–Trinajstić information content (AvgIpc) is 3.22. The molecule has 130 valence electrons. The molecule has 2 aromatic heterocycles. The first-order valence-corrected chi connectivity index (χ1v) is 8.34. The van der Waals surface area contributed by atoms with Crippen LogP contribution in [0.25, 0.3) is 0 Å². The third-order valence-corrected chi connectivity index (χ3v) is 4.49. The lowest BCUT2D eigenvalue weighted by molar-refractivity contribution is -0.121. The molecular weight excluding hydrogens is 330 g/mol. The molecule has 0 radical (unpaired) electrons. The van der Waals surface area contributed by atoms with E-state index in [1.54, 1.807) is 41.6 Å². The minimum atomic E-state index is -0.615. The van der Waals surface area contributed by atoms with Crippen molar-refractivity contribution in [2.75, 3.05) is 5.32 Å². The maximum Gasteiger partial charge on any atom is 0.290 e. The normalized spacial score (nSPS) is 16.0. The number of fused-ring (bicyclic) bond motifs is 1. The molecule has 3 heterocycles. The van der Waals surface area contributed by atoms with E-state index in [0.717, 1.165) is 11.1 Å². The van der Waals surface area contributed by atoms with Gasteiger partial charge in [-0.05, 0) is 35.4 Å². The molecule has 1 aliphatic rings. The fraction of sp³-hybridized carbons (Fsp3) is 0.150. The van der Waals surface area contributed by atoms with Gasteiger partial charge in [-0.15, -0.1) is 0 Å². The van der Waals surface area contributed by atoms with Crippen molar-refractivity contribution < 1.29 is 14.0 Å². The lowest BCUT2D eigenvalue weighted by atomic mass is 9.93. The summed E-state index contributed by atoms with van der Waals surface area (Å²) < 4.78 is 5.25. The minimum Gasteiger partial charge on any atom is -0.459 e. The summed E-state index contributed by atoms with van der Waals surface area (Å²) in [6.45, 7) is 0.365. The zero-order valence-electron chi connectivity index (χ0n) is 14.0. The third-order valence-electron chi connectivity index (χ3n) is 4.49. The summed E-state index contributed by atoms with van der Waals surface area (Å²) >= 11 is 0. The van der Waals surface area contributed by atoms with Crippen LogP contribution in [0.5, 0.6) is 0 Å². The number of anilines is 1. The summed E-state index contributed by atoms with van der Waals surface area (Å²) in [6.07, 6.45) is 5.13. The standard InChI is InChI=1S/C20H17N3O3/c24-19(22-16-7-9-21-10-8-16)17-12-14-4-1-2-5-15(14)13-23(17)20(25)18-6-3-11-26-18/h1-11,17H,12-13H2,(H,21,22,24)/t17-/m1/s1. The summed E-state index contributed by atoms with van der Waals surface area (Å²) in [4.78, 5) is 31.3. The quantitative estimate of drug-likeness (QED) is 0.790. The molecule has 2 amide bonds. The van der Waals surface area contributed by atoms with Gasteiger partial charge in [0.15, 0.2) is 5.76 Å². The molecule has 4 rings (SSSR count). The molecule has 0 unspecified atom stereocenters. The SMILES string of the molecule is O=C(Nc1ccncc1)[C@H]1Cc2ccccc2CN1C(=O)c1ccco1. The Hall–Kier alpha value is -3.41. The lowest BCUT2D eigenvalue weighted by Gasteiger charge is -2.35. The van der Waals surface area contributed by atoms with Crippen molar-refractivity contribution in [3.63, 3.8) is 0 Å². The van der Waals surface area contributed by atoms with Crippen LogP contribution >= 0.6 is 0 Å². The molecule has 1 aliphatic heterocycles. The highest BCUT2D eigenvalue weighted by atomic mass is 16.3. The molecule has 6 heteroatoms. The van der Waals surface area contributed by atoms with Gasteiger partial charge in [-0.3, -0.25) is 14.6 Å². The second kappa shape index (κ2) is 6.84. The van der Waals surface area contributed by atoms with E-state index in [1.165, 1.54) is 6.26 Å². The Bertz CT molecular complexity index is 922. The van der Waals surface area contributed by atoms with Crippen molar-refractivity contribution in [3.8, 4) is 0 Å². The van der Waals surface area contributed by atoms with Gasteiger partial charge in [0.2, 0.25) is 5.91 Å². The Balaban J connectivity index is 1.64. The molecular formula is C20H17N3O3. The Kier molecular flexibility index (Phi) is 4.23. The zero-order valence-corrected chi connectivity index (χ0v) is 14.0. The molecule has 0 fully saturated rings. The number of hydrogen-bond acceptors (Lipinski definition) is 4. The Morgan fingerprint density at radius 3 is 2.54 bits per heavy atom. The van der Waals surface area contributed by atoms with Crippen LogP contribution in [0, 0.1) is 0 Å². The van der Waals surface area contributed by atoms with E-state index in [-0.39, 0.29) is 17.6 Å². The molecule has 0 spiro atoms. The predicted octanol–water partition coefficient (Wildman–Crippen LogP) is 2.88. The van der Waals surface area contributed by atoms with Gasteiger partial charge < -0.3 is 14.6 Å². The number of pyridine rings is 1. The highest BCUT2D eigenvalue weighted by molar-refractivity contribution is 6.00. The lowest BCUT2D eigenvalue weighted by Crippen LogP contribution is -2.50. The van der Waals surface area contributed by atoms with E-state index >= 15 is 0 Å². The molecule has 26 heavy (non-hydrogen) atoms. The fourth-order valence-electron chi connectivity index (χ4n) is 3.17. The van der Waals surface area contributed by atoms with Crippen molar-refractivity contribution in [3.05, 3.63) is 84.1 Å². The van der Waals surface area contributed by atoms with Crippen LogP contribution < -0.4 is 5.32 Å². The number of carbonyl (C=O) groups excluding carboxylic acids is 2. The number of hydrogen-bond donors (Lipinski definition) is 1. The molecule has 0 bridgehead atoms. The number of rotatable bonds is 3. The number of nitrogens with one attached hydrogen (secondary N) is 1. The van der Waals surface area contributed by atoms with Crippen molar-refractivity contribution >= 4 is 17.5 Å². The summed E-state index contributed by atoms with van der Waals surface area (Å²) in [5, 5.41) is 2.87. The first-order valence-electron chi connectivity index (χ1n) is 8.34. The largest absolute Gasteiger partial charge is 0.459 e. The van der Waals surface area contributed by atoms with Gasteiger partial charge in [-0.2, -0.15) is 0 Å². The summed E-state index contributed by atoms with van der Waals surface area (Å²) in [7, 11) is 0.